The monoisotopic (exact) mass is 586 g/mol. The molecule has 44 heavy (non-hydrogen) atoms. The lowest BCUT2D eigenvalue weighted by Gasteiger charge is -2.33. The fourth-order valence-electron chi connectivity index (χ4n) is 6.40. The van der Waals surface area contributed by atoms with E-state index >= 15 is 0 Å². The van der Waals surface area contributed by atoms with Crippen LogP contribution in [0, 0.1) is 5.92 Å². The van der Waals surface area contributed by atoms with Gasteiger partial charge in [0.2, 0.25) is 11.8 Å². The van der Waals surface area contributed by atoms with Crippen molar-refractivity contribution in [2.24, 2.45) is 5.92 Å². The molecule has 0 aliphatic heterocycles. The van der Waals surface area contributed by atoms with Crippen molar-refractivity contribution in [2.75, 3.05) is 7.05 Å². The van der Waals surface area contributed by atoms with Crippen molar-refractivity contribution in [1.29, 1.82) is 0 Å². The second kappa shape index (κ2) is 13.2. The zero-order chi connectivity index (χ0) is 30.5. The van der Waals surface area contributed by atoms with Crippen molar-refractivity contribution < 1.29 is 14.4 Å². The van der Waals surface area contributed by atoms with E-state index in [-0.39, 0.29) is 23.8 Å². The van der Waals surface area contributed by atoms with Gasteiger partial charge in [0.1, 0.15) is 6.04 Å². The van der Waals surface area contributed by atoms with Gasteiger partial charge in [0.25, 0.3) is 5.91 Å². The van der Waals surface area contributed by atoms with Gasteiger partial charge in [0.15, 0.2) is 0 Å². The molecule has 0 bridgehead atoms. The molecule has 224 valence electrons. The predicted molar refractivity (Wildman–Crippen MR) is 174 cm³/mol. The van der Waals surface area contributed by atoms with Gasteiger partial charge in [-0.15, -0.1) is 0 Å². The van der Waals surface area contributed by atoms with Gasteiger partial charge < -0.3 is 20.5 Å². The van der Waals surface area contributed by atoms with Crippen molar-refractivity contribution in [3.8, 4) is 0 Å². The first kappa shape index (κ1) is 29.2. The van der Waals surface area contributed by atoms with E-state index in [9.17, 15) is 14.4 Å². The molecule has 1 aliphatic carbocycles. The number of aromatic nitrogens is 1. The molecule has 3 atom stereocenters. The Bertz CT molecular complexity index is 1780. The third-order valence-corrected chi connectivity index (χ3v) is 8.76. The van der Waals surface area contributed by atoms with Crippen LogP contribution in [-0.2, 0) is 22.6 Å². The molecule has 1 saturated carbocycles. The molecule has 3 amide bonds. The number of nitrogens with zero attached hydrogens (tertiary/aromatic N) is 1. The Hall–Kier alpha value is -4.91. The van der Waals surface area contributed by atoms with Crippen LogP contribution in [0.1, 0.15) is 47.2 Å². The maximum absolute atomic E-state index is 13.9. The molecule has 3 N–H and O–H groups in total. The molecule has 1 aromatic heterocycles. The van der Waals surface area contributed by atoms with Gasteiger partial charge in [-0.25, -0.2) is 0 Å². The van der Waals surface area contributed by atoms with Gasteiger partial charge in [-0.05, 0) is 40.8 Å². The number of hydrogen-bond donors (Lipinski definition) is 3. The maximum atomic E-state index is 13.9. The van der Waals surface area contributed by atoms with Crippen LogP contribution >= 0.6 is 0 Å². The Kier molecular flexibility index (Phi) is 8.73. The number of carbonyl (C=O) groups excluding carboxylic acids is 3. The fraction of sp³-hybridized carbons (Fsp3) is 0.270. The van der Waals surface area contributed by atoms with Crippen molar-refractivity contribution >= 4 is 39.4 Å². The molecule has 0 radical (unpaired) electrons. The van der Waals surface area contributed by atoms with E-state index in [0.717, 1.165) is 45.6 Å². The number of fused-ring (bicyclic) bond motifs is 2. The van der Waals surface area contributed by atoms with E-state index < -0.39 is 12.0 Å². The molecule has 0 spiro atoms. The quantitative estimate of drug-likeness (QED) is 0.198. The first-order valence-electron chi connectivity index (χ1n) is 15.4. The highest BCUT2D eigenvalue weighted by atomic mass is 16.2. The van der Waals surface area contributed by atoms with Crippen LogP contribution in [-0.4, -0.2) is 46.7 Å². The molecule has 0 saturated heterocycles. The number of hydrogen-bond acceptors (Lipinski definition) is 3. The summed E-state index contributed by atoms with van der Waals surface area (Å²) in [7, 11) is 1.78. The van der Waals surface area contributed by atoms with Crippen LogP contribution in [0.3, 0.4) is 0 Å². The predicted octanol–water partition coefficient (Wildman–Crippen LogP) is 6.00. The minimum Gasteiger partial charge on any atom is -0.360 e. The zero-order valence-electron chi connectivity index (χ0n) is 25.0. The van der Waals surface area contributed by atoms with E-state index in [1.165, 1.54) is 0 Å². The van der Waals surface area contributed by atoms with E-state index in [2.05, 4.69) is 39.9 Å². The number of aromatic amines is 1. The highest BCUT2D eigenvalue weighted by Gasteiger charge is 2.35. The summed E-state index contributed by atoms with van der Waals surface area (Å²) in [4.78, 5) is 46.1. The minimum absolute atomic E-state index is 0.148. The molecule has 1 heterocycles. The lowest BCUT2D eigenvalue weighted by molar-refractivity contribution is -0.137. The Balaban J connectivity index is 1.21. The van der Waals surface area contributed by atoms with Crippen LogP contribution in [0.25, 0.3) is 21.7 Å². The maximum Gasteiger partial charge on any atom is 0.253 e. The summed E-state index contributed by atoms with van der Waals surface area (Å²) in [5.74, 6) is -0.963. The van der Waals surface area contributed by atoms with Crippen molar-refractivity contribution in [1.82, 2.24) is 20.5 Å². The highest BCUT2D eigenvalue weighted by Crippen LogP contribution is 2.27. The molecule has 7 heteroatoms. The average molecular weight is 587 g/mol. The van der Waals surface area contributed by atoms with Crippen LogP contribution < -0.4 is 10.6 Å². The number of nitrogens with one attached hydrogen (secondary N) is 3. The van der Waals surface area contributed by atoms with Crippen LogP contribution in [0.4, 0.5) is 0 Å². The number of benzene rings is 4. The lowest BCUT2D eigenvalue weighted by Crippen LogP contribution is -2.54. The zero-order valence-corrected chi connectivity index (χ0v) is 25.0. The van der Waals surface area contributed by atoms with E-state index in [1.54, 1.807) is 18.1 Å². The average Bonchev–Trinajstić information content (AvgIpc) is 3.49. The van der Waals surface area contributed by atoms with Crippen LogP contribution in [0.2, 0.25) is 0 Å². The summed E-state index contributed by atoms with van der Waals surface area (Å²) in [6, 6.07) is 30.7. The molecule has 1 fully saturated rings. The first-order valence-corrected chi connectivity index (χ1v) is 15.4. The number of amides is 3. The second-order valence-corrected chi connectivity index (χ2v) is 11.8. The fourth-order valence-corrected chi connectivity index (χ4v) is 6.40. The SMILES string of the molecule is CN(Cc1ccccc1)C(=O)[C@H](Cc1ccc2ccccc2c1)NC(=O)[C@H]1CCCC[C@H]1NC(=O)c1c[nH]c2ccccc12. The van der Waals surface area contributed by atoms with Gasteiger partial charge >= 0.3 is 0 Å². The highest BCUT2D eigenvalue weighted by molar-refractivity contribution is 6.07. The summed E-state index contributed by atoms with van der Waals surface area (Å²) in [5, 5.41) is 9.35. The summed E-state index contributed by atoms with van der Waals surface area (Å²) in [6.45, 7) is 0.441. The van der Waals surface area contributed by atoms with Gasteiger partial charge in [-0.3, -0.25) is 14.4 Å². The summed E-state index contributed by atoms with van der Waals surface area (Å²) >= 11 is 0. The molecule has 1 aliphatic rings. The molecule has 6 rings (SSSR count). The Morgan fingerprint density at radius 3 is 2.41 bits per heavy atom. The Morgan fingerprint density at radius 1 is 0.841 bits per heavy atom. The van der Waals surface area contributed by atoms with Gasteiger partial charge in [-0.1, -0.05) is 104 Å². The number of carbonyl (C=O) groups is 3. The number of rotatable bonds is 9. The standard InChI is InChI=1S/C37H38N4O3/c1-41(24-25-11-3-2-4-12-25)37(44)34(22-26-19-20-27-13-5-6-14-28(27)21-26)40-35(42)30-16-8-10-18-33(30)39-36(43)31-23-38-32-17-9-7-15-29(31)32/h2-7,9,11-15,17,19-21,23,30,33-34,38H,8,10,16,18,22,24H2,1H3,(H,39,43)(H,40,42)/t30-,33+,34-/m0/s1. The second-order valence-electron chi connectivity index (χ2n) is 11.8. The smallest absolute Gasteiger partial charge is 0.253 e. The first-order chi connectivity index (χ1) is 21.5. The number of H-pyrrole nitrogens is 1. The molecule has 7 nitrogen and oxygen atoms in total. The van der Waals surface area contributed by atoms with Gasteiger partial charge in [-0.2, -0.15) is 0 Å². The molecule has 5 aromatic rings. The van der Waals surface area contributed by atoms with Crippen LogP contribution in [0.5, 0.6) is 0 Å². The molecular formula is C37H38N4O3. The van der Waals surface area contributed by atoms with Gasteiger partial charge in [0, 0.05) is 43.2 Å². The van der Waals surface area contributed by atoms with E-state index in [1.807, 2.05) is 72.8 Å². The molecular weight excluding hydrogens is 548 g/mol. The van der Waals surface area contributed by atoms with Crippen molar-refractivity contribution in [3.05, 3.63) is 120 Å². The summed E-state index contributed by atoms with van der Waals surface area (Å²) in [5.41, 5.74) is 3.46. The third kappa shape index (κ3) is 6.52. The Labute approximate surface area is 257 Å². The van der Waals surface area contributed by atoms with E-state index in [4.69, 9.17) is 0 Å². The van der Waals surface area contributed by atoms with Crippen LogP contribution in [0.15, 0.2) is 103 Å². The minimum atomic E-state index is -0.746. The number of para-hydroxylation sites is 1. The summed E-state index contributed by atoms with van der Waals surface area (Å²) in [6.07, 6.45) is 5.29. The normalized spacial score (nSPS) is 17.2. The van der Waals surface area contributed by atoms with E-state index in [0.29, 0.717) is 31.4 Å². The molecule has 4 aromatic carbocycles. The lowest BCUT2D eigenvalue weighted by atomic mass is 9.83. The van der Waals surface area contributed by atoms with Crippen molar-refractivity contribution in [3.63, 3.8) is 0 Å². The topological polar surface area (TPSA) is 94.3 Å². The van der Waals surface area contributed by atoms with Gasteiger partial charge in [0.05, 0.1) is 11.5 Å². The largest absolute Gasteiger partial charge is 0.360 e. The van der Waals surface area contributed by atoms with Crippen molar-refractivity contribution in [2.45, 2.75) is 50.7 Å². The Morgan fingerprint density at radius 2 is 1.57 bits per heavy atom. The third-order valence-electron chi connectivity index (χ3n) is 8.76. The number of likely N-dealkylation sites (N-methyl/N-ethyl adjacent to an activating group) is 1. The molecule has 0 unspecified atom stereocenters. The summed E-state index contributed by atoms with van der Waals surface area (Å²) < 4.78 is 0.